The van der Waals surface area contributed by atoms with Crippen molar-refractivity contribution in [3.05, 3.63) is 54.1 Å². The molecule has 3 heterocycles. The van der Waals surface area contributed by atoms with Crippen LogP contribution >= 0.6 is 0 Å². The van der Waals surface area contributed by atoms with Crippen LogP contribution in [0.15, 0.2) is 48.5 Å². The fraction of sp³-hybridized carbons (Fsp3) is 0.458. The number of benzene rings is 2. The van der Waals surface area contributed by atoms with E-state index in [1.54, 1.807) is 0 Å². The second-order valence-electron chi connectivity index (χ2n) is 8.24. The first-order chi connectivity index (χ1) is 14.2. The number of nitrogens with zero attached hydrogens (tertiary/aromatic N) is 1. The Morgan fingerprint density at radius 1 is 1.07 bits per heavy atom. The van der Waals surface area contributed by atoms with Crippen molar-refractivity contribution in [3.8, 4) is 11.1 Å². The molecule has 29 heavy (non-hydrogen) atoms. The molecule has 2 aromatic rings. The number of nitrogens with one attached hydrogen (secondary N) is 2. The van der Waals surface area contributed by atoms with Crippen molar-refractivity contribution in [1.82, 2.24) is 10.2 Å². The molecule has 0 saturated carbocycles. The first-order valence-electron chi connectivity index (χ1n) is 10.7. The van der Waals surface area contributed by atoms with Gasteiger partial charge in [-0.2, -0.15) is 0 Å². The number of amides is 1. The molecule has 0 atom stereocenters. The summed E-state index contributed by atoms with van der Waals surface area (Å²) in [6.07, 6.45) is 4.52. The lowest BCUT2D eigenvalue weighted by atomic mass is 9.83. The van der Waals surface area contributed by atoms with Crippen molar-refractivity contribution in [1.29, 1.82) is 0 Å². The van der Waals surface area contributed by atoms with Gasteiger partial charge in [-0.15, -0.1) is 0 Å². The molecule has 0 radical (unpaired) electrons. The van der Waals surface area contributed by atoms with Crippen molar-refractivity contribution >= 4 is 11.8 Å². The molecule has 1 amide bonds. The quantitative estimate of drug-likeness (QED) is 0.689. The number of hydrogen-bond donors (Lipinski definition) is 2. The number of carbonyl (C=O) groups is 1. The number of anilines is 1. The van der Waals surface area contributed by atoms with Crippen LogP contribution in [0.2, 0.25) is 0 Å². The first-order valence-corrected chi connectivity index (χ1v) is 10.7. The number of rotatable bonds is 7. The van der Waals surface area contributed by atoms with Crippen molar-refractivity contribution in [2.75, 3.05) is 38.5 Å². The zero-order valence-electron chi connectivity index (χ0n) is 17.2. The van der Waals surface area contributed by atoms with Crippen LogP contribution in [-0.2, 0) is 11.2 Å². The molecule has 2 N–H and O–H groups in total. The molecule has 5 nitrogen and oxygen atoms in total. The van der Waals surface area contributed by atoms with E-state index >= 15 is 0 Å². The topological polar surface area (TPSA) is 53.6 Å². The molecule has 0 unspecified atom stereocenters. The van der Waals surface area contributed by atoms with Gasteiger partial charge in [0, 0.05) is 44.5 Å². The standard InChI is InChI=1S/C24H31N3O2/c1-25-14-5-6-19-9-10-21(20-7-3-2-4-8-20)22(18-19)26-23(28)29-24-11-15-27(16-12-24)17-13-24/h2-4,7-10,18,25H,5-6,11-17H2,1H3,(H,26,28). The van der Waals surface area contributed by atoms with Crippen LogP contribution in [0.25, 0.3) is 11.1 Å². The summed E-state index contributed by atoms with van der Waals surface area (Å²) >= 11 is 0. The highest BCUT2D eigenvalue weighted by Crippen LogP contribution is 2.36. The zero-order valence-corrected chi connectivity index (χ0v) is 17.2. The second-order valence-corrected chi connectivity index (χ2v) is 8.24. The highest BCUT2D eigenvalue weighted by Gasteiger charge is 2.42. The summed E-state index contributed by atoms with van der Waals surface area (Å²) in [7, 11) is 1.97. The number of aryl methyl sites for hydroxylation is 1. The molecule has 3 fully saturated rings. The number of carbonyl (C=O) groups excluding carboxylic acids is 1. The van der Waals surface area contributed by atoms with Gasteiger partial charge in [0.2, 0.25) is 0 Å². The lowest BCUT2D eigenvalue weighted by Crippen LogP contribution is -2.54. The maximum atomic E-state index is 12.9. The highest BCUT2D eigenvalue weighted by atomic mass is 16.6. The molecular formula is C24H31N3O2. The predicted molar refractivity (Wildman–Crippen MR) is 117 cm³/mol. The van der Waals surface area contributed by atoms with Gasteiger partial charge >= 0.3 is 6.09 Å². The Hall–Kier alpha value is -2.37. The SMILES string of the molecule is CNCCCc1ccc(-c2ccccc2)c(NC(=O)OC23CCN(CC2)CC3)c1. The smallest absolute Gasteiger partial charge is 0.412 e. The van der Waals surface area contributed by atoms with Crippen LogP contribution in [0.5, 0.6) is 0 Å². The number of ether oxygens (including phenoxy) is 1. The maximum Gasteiger partial charge on any atom is 0.412 e. The Kier molecular flexibility index (Phi) is 6.16. The van der Waals surface area contributed by atoms with Crippen molar-refractivity contribution in [3.63, 3.8) is 0 Å². The lowest BCUT2D eigenvalue weighted by molar-refractivity contribution is -0.0742. The van der Waals surface area contributed by atoms with Gasteiger partial charge in [0.25, 0.3) is 0 Å². The summed E-state index contributed by atoms with van der Waals surface area (Å²) in [5, 5.41) is 6.26. The molecule has 3 aliphatic heterocycles. The minimum atomic E-state index is -0.329. The predicted octanol–water partition coefficient (Wildman–Crippen LogP) is 4.29. The van der Waals surface area contributed by atoms with E-state index in [0.717, 1.165) is 75.1 Å². The average Bonchev–Trinajstić information content (AvgIpc) is 2.75. The number of hydrogen-bond acceptors (Lipinski definition) is 4. The van der Waals surface area contributed by atoms with E-state index in [9.17, 15) is 4.79 Å². The molecule has 3 aliphatic rings. The van der Waals surface area contributed by atoms with Crippen molar-refractivity contribution in [2.24, 2.45) is 0 Å². The highest BCUT2D eigenvalue weighted by molar-refractivity contribution is 5.92. The van der Waals surface area contributed by atoms with E-state index in [-0.39, 0.29) is 11.7 Å². The summed E-state index contributed by atoms with van der Waals surface area (Å²) in [6.45, 7) is 4.07. The van der Waals surface area contributed by atoms with Gasteiger partial charge in [0.1, 0.15) is 5.60 Å². The first kappa shape index (κ1) is 19.9. The number of piperidine rings is 3. The van der Waals surface area contributed by atoms with Crippen molar-refractivity contribution < 1.29 is 9.53 Å². The van der Waals surface area contributed by atoms with Crippen LogP contribution in [0.4, 0.5) is 10.5 Å². The van der Waals surface area contributed by atoms with Crippen LogP contribution in [0.1, 0.15) is 31.2 Å². The summed E-state index contributed by atoms with van der Waals surface area (Å²) in [5.41, 5.74) is 3.88. The largest absolute Gasteiger partial charge is 0.443 e. The molecule has 0 aliphatic carbocycles. The normalized spacial score (nSPS) is 23.0. The Labute approximate surface area is 173 Å². The van der Waals surface area contributed by atoms with Crippen molar-refractivity contribution in [2.45, 2.75) is 37.7 Å². The molecule has 0 spiro atoms. The summed E-state index contributed by atoms with van der Waals surface area (Å²) in [6, 6.07) is 16.6. The molecule has 2 aromatic carbocycles. The molecule has 0 aromatic heterocycles. The molecule has 5 heteroatoms. The molecule has 5 rings (SSSR count). The summed E-state index contributed by atoms with van der Waals surface area (Å²) in [5.74, 6) is 0. The van der Waals surface area contributed by atoms with E-state index < -0.39 is 0 Å². The Bertz CT molecular complexity index is 815. The lowest BCUT2D eigenvalue weighted by Gasteiger charge is -2.47. The molecule has 2 bridgehead atoms. The van der Waals surface area contributed by atoms with E-state index in [1.807, 2.05) is 25.2 Å². The van der Waals surface area contributed by atoms with Gasteiger partial charge in [0.15, 0.2) is 0 Å². The Morgan fingerprint density at radius 2 is 1.79 bits per heavy atom. The fourth-order valence-corrected chi connectivity index (χ4v) is 4.47. The minimum Gasteiger partial charge on any atom is -0.443 e. The number of fused-ring (bicyclic) bond motifs is 3. The monoisotopic (exact) mass is 393 g/mol. The summed E-state index contributed by atoms with van der Waals surface area (Å²) < 4.78 is 6.01. The van der Waals surface area contributed by atoms with Gasteiger partial charge in [-0.25, -0.2) is 4.79 Å². The summed E-state index contributed by atoms with van der Waals surface area (Å²) in [4.78, 5) is 15.3. The second kappa shape index (κ2) is 8.97. The zero-order chi connectivity index (χ0) is 20.1. The van der Waals surface area contributed by atoms with Crippen LogP contribution < -0.4 is 10.6 Å². The third kappa shape index (κ3) is 4.80. The van der Waals surface area contributed by atoms with Crippen LogP contribution in [0, 0.1) is 0 Å². The third-order valence-electron chi connectivity index (χ3n) is 6.26. The fourth-order valence-electron chi connectivity index (χ4n) is 4.47. The van der Waals surface area contributed by atoms with E-state index in [0.29, 0.717) is 0 Å². The van der Waals surface area contributed by atoms with Gasteiger partial charge in [-0.05, 0) is 43.6 Å². The van der Waals surface area contributed by atoms with Gasteiger partial charge in [-0.3, -0.25) is 5.32 Å². The molecule has 3 saturated heterocycles. The third-order valence-corrected chi connectivity index (χ3v) is 6.26. The van der Waals surface area contributed by atoms with Crippen LogP contribution in [0.3, 0.4) is 0 Å². The van der Waals surface area contributed by atoms with E-state index in [1.165, 1.54) is 5.56 Å². The van der Waals surface area contributed by atoms with E-state index in [4.69, 9.17) is 4.74 Å². The average molecular weight is 394 g/mol. The Morgan fingerprint density at radius 3 is 2.48 bits per heavy atom. The van der Waals surface area contributed by atoms with Gasteiger partial charge < -0.3 is 15.0 Å². The Balaban J connectivity index is 1.53. The van der Waals surface area contributed by atoms with E-state index in [2.05, 4.69) is 45.9 Å². The van der Waals surface area contributed by atoms with Gasteiger partial charge in [-0.1, -0.05) is 42.5 Å². The molecular weight excluding hydrogens is 362 g/mol. The van der Waals surface area contributed by atoms with Crippen LogP contribution in [-0.4, -0.2) is 49.8 Å². The van der Waals surface area contributed by atoms with Gasteiger partial charge in [0.05, 0.1) is 5.69 Å². The molecule has 154 valence electrons. The maximum absolute atomic E-state index is 12.9. The minimum absolute atomic E-state index is 0.282.